The summed E-state index contributed by atoms with van der Waals surface area (Å²) in [6.07, 6.45) is 1.00. The summed E-state index contributed by atoms with van der Waals surface area (Å²) in [6, 6.07) is -0.879. The summed E-state index contributed by atoms with van der Waals surface area (Å²) in [6.45, 7) is 1.52. The van der Waals surface area contributed by atoms with Crippen LogP contribution in [0.4, 0.5) is 0 Å². The van der Waals surface area contributed by atoms with E-state index in [1.807, 2.05) is 6.92 Å². The largest absolute Gasteiger partial charge is 1.00 e. The van der Waals surface area contributed by atoms with Gasteiger partial charge in [-0.1, -0.05) is 27.8 Å². The normalized spacial score (nSPS) is 20.0. The number of thioether (sulfide) groups is 2. The number of β-lactam (4-membered cyclic amide) rings is 1. The van der Waals surface area contributed by atoms with Crippen molar-refractivity contribution in [2.75, 3.05) is 11.5 Å². The molecule has 0 bridgehead atoms. The van der Waals surface area contributed by atoms with Crippen LogP contribution >= 0.6 is 34.9 Å². The minimum atomic E-state index is -1.44. The molecule has 0 spiro atoms. The van der Waals surface area contributed by atoms with Gasteiger partial charge in [-0.3, -0.25) is 14.5 Å². The number of nitrogens with one attached hydrogen (secondary N) is 1. The van der Waals surface area contributed by atoms with Crippen LogP contribution in [0.25, 0.3) is 0 Å². The van der Waals surface area contributed by atoms with Crippen LogP contribution in [0.3, 0.4) is 0 Å². The van der Waals surface area contributed by atoms with E-state index >= 15 is 0 Å². The zero-order valence-corrected chi connectivity index (χ0v) is 20.7. The number of rotatable bonds is 7. The zero-order chi connectivity index (χ0) is 21.4. The number of hydrogen-bond acceptors (Lipinski definition) is 12. The van der Waals surface area contributed by atoms with Crippen LogP contribution in [0.5, 0.6) is 5.95 Å². The van der Waals surface area contributed by atoms with Gasteiger partial charge < -0.3 is 24.8 Å². The minimum absolute atomic E-state index is 0. The molecule has 16 heteroatoms. The smallest absolute Gasteiger partial charge is 0.543 e. The summed E-state index contributed by atoms with van der Waals surface area (Å²) >= 11 is 4.09. The van der Waals surface area contributed by atoms with Gasteiger partial charge in [-0.15, -0.1) is 22.0 Å². The Morgan fingerprint density at radius 3 is 2.84 bits per heavy atom. The van der Waals surface area contributed by atoms with Crippen molar-refractivity contribution in [3.63, 3.8) is 0 Å². The number of nitrogens with zero attached hydrogens (tertiary/aromatic N) is 5. The van der Waals surface area contributed by atoms with E-state index in [0.717, 1.165) is 20.8 Å². The van der Waals surface area contributed by atoms with Gasteiger partial charge in [-0.25, -0.2) is 0 Å². The number of aryl methyl sites for hydroxylation is 1. The molecule has 1 N–H and O–H groups in total. The first kappa shape index (κ1) is 24.0. The fourth-order valence-electron chi connectivity index (χ4n) is 2.97. The second-order valence-corrected chi connectivity index (χ2v) is 9.80. The van der Waals surface area contributed by atoms with Crippen molar-refractivity contribution in [3.8, 4) is 5.95 Å². The molecule has 4 heterocycles. The van der Waals surface area contributed by atoms with Crippen molar-refractivity contribution in [2.24, 2.45) is 0 Å². The second kappa shape index (κ2) is 9.87. The molecule has 2 aliphatic rings. The number of hydrogen-bond donors (Lipinski definition) is 1. The SMILES string of the molecule is Cc1nnc(SCC2=C(C(=O)[O-])N3C(=O)C(NC(=O)C[n+]4cc([O-])on4)C3SC2)s1.[Na+]. The third-order valence-electron chi connectivity index (χ3n) is 4.23. The molecule has 4 rings (SSSR count). The number of amides is 2. The third kappa shape index (κ3) is 5.06. The van der Waals surface area contributed by atoms with Crippen LogP contribution in [0.15, 0.2) is 26.3 Å². The van der Waals surface area contributed by atoms with Gasteiger partial charge >= 0.3 is 29.6 Å². The quantitative estimate of drug-likeness (QED) is 0.169. The predicted molar refractivity (Wildman–Crippen MR) is 98.6 cm³/mol. The Kier molecular flexibility index (Phi) is 7.64. The molecule has 0 saturated carbocycles. The maximum Gasteiger partial charge on any atom is 1.00 e. The molecule has 2 amide bonds. The van der Waals surface area contributed by atoms with Crippen LogP contribution < -0.4 is 49.8 Å². The molecule has 1 fully saturated rings. The summed E-state index contributed by atoms with van der Waals surface area (Å²) in [4.78, 5) is 37.6. The number of carbonyl (C=O) groups excluding carboxylic acids is 3. The Hall–Kier alpha value is -1.65. The maximum absolute atomic E-state index is 12.6. The minimum Gasteiger partial charge on any atom is -0.543 e. The molecule has 1 saturated heterocycles. The molecule has 12 nitrogen and oxygen atoms in total. The van der Waals surface area contributed by atoms with Gasteiger partial charge in [0.05, 0.1) is 16.9 Å². The maximum atomic E-state index is 12.6. The van der Waals surface area contributed by atoms with Crippen molar-refractivity contribution >= 4 is 52.6 Å². The van der Waals surface area contributed by atoms with Gasteiger partial charge in [0.25, 0.3) is 18.4 Å². The van der Waals surface area contributed by atoms with E-state index in [0.29, 0.717) is 21.4 Å². The van der Waals surface area contributed by atoms with Gasteiger partial charge in [0.15, 0.2) is 4.34 Å². The first-order valence-corrected chi connectivity index (χ1v) is 11.3. The summed E-state index contributed by atoms with van der Waals surface area (Å²) in [7, 11) is 0. The molecule has 2 aromatic rings. The number of fused-ring (bicyclic) bond motifs is 1. The molecule has 0 aliphatic carbocycles. The Balaban J connectivity index is 0.00000272. The molecule has 2 aromatic heterocycles. The van der Waals surface area contributed by atoms with E-state index in [-0.39, 0.29) is 41.8 Å². The summed E-state index contributed by atoms with van der Waals surface area (Å²) in [5.41, 5.74) is 0.387. The summed E-state index contributed by atoms with van der Waals surface area (Å²) < 4.78 is 6.04. The van der Waals surface area contributed by atoms with E-state index in [4.69, 9.17) is 0 Å². The first-order valence-electron chi connectivity index (χ1n) is 8.47. The van der Waals surface area contributed by atoms with E-state index < -0.39 is 35.1 Å². The van der Waals surface area contributed by atoms with E-state index in [9.17, 15) is 24.6 Å². The number of carboxylic acids is 1. The van der Waals surface area contributed by atoms with Crippen LogP contribution in [0.2, 0.25) is 0 Å². The zero-order valence-electron chi connectivity index (χ0n) is 16.3. The molecule has 2 atom stereocenters. The molecule has 158 valence electrons. The van der Waals surface area contributed by atoms with Gasteiger partial charge in [-0.2, -0.15) is 0 Å². The van der Waals surface area contributed by atoms with Crippen molar-refractivity contribution in [3.05, 3.63) is 22.5 Å². The van der Waals surface area contributed by atoms with Crippen molar-refractivity contribution in [2.45, 2.75) is 29.2 Å². The summed E-state index contributed by atoms with van der Waals surface area (Å²) in [5.74, 6) is -2.54. The van der Waals surface area contributed by atoms with Crippen molar-refractivity contribution < 1.29 is 63.4 Å². The molecule has 0 radical (unpaired) electrons. The van der Waals surface area contributed by atoms with Gasteiger partial charge in [0, 0.05) is 11.5 Å². The first-order chi connectivity index (χ1) is 14.3. The number of carbonyl (C=O) groups is 3. The monoisotopic (exact) mass is 492 g/mol. The molecule has 2 unspecified atom stereocenters. The second-order valence-electron chi connectivity index (χ2n) is 6.29. The standard InChI is InChI=1S/C15H14N6O6S3.Na/c1-6-17-18-15(30-6)29-5-7-4-28-13-10(12(24)21(13)11(7)14(25)26)16-8(22)2-20-3-9(23)27-19-20;/h3,10,13H,2,4-5H2,1H3,(H2-,16,19,22,23,25,26);/q;+1/p-1. The Morgan fingerprint density at radius 2 is 2.23 bits per heavy atom. The van der Waals surface area contributed by atoms with Crippen molar-refractivity contribution in [1.29, 1.82) is 0 Å². The average molecular weight is 492 g/mol. The molecular formula is C15H13N6NaO6S3. The fraction of sp³-hybridized carbons (Fsp3) is 0.400. The Morgan fingerprint density at radius 1 is 1.45 bits per heavy atom. The Bertz CT molecular complexity index is 1060. The average Bonchev–Trinajstić information content (AvgIpc) is 3.31. The van der Waals surface area contributed by atoms with Crippen LogP contribution in [0.1, 0.15) is 5.01 Å². The number of aromatic nitrogens is 4. The molecule has 2 aliphatic heterocycles. The fourth-order valence-corrected chi connectivity index (χ4v) is 6.27. The predicted octanol–water partition coefficient (Wildman–Crippen LogP) is -5.60. The van der Waals surface area contributed by atoms with E-state index in [1.165, 1.54) is 34.9 Å². The van der Waals surface area contributed by atoms with Crippen LogP contribution in [0, 0.1) is 6.92 Å². The van der Waals surface area contributed by atoms with Crippen LogP contribution in [-0.2, 0) is 20.9 Å². The molecular weight excluding hydrogens is 479 g/mol. The number of aliphatic carboxylic acids is 1. The van der Waals surface area contributed by atoms with Gasteiger partial charge in [0.2, 0.25) is 6.20 Å². The molecule has 31 heavy (non-hydrogen) atoms. The summed E-state index contributed by atoms with van der Waals surface area (Å²) in [5, 5.41) is 36.8. The number of carboxylic acid groups (broad SMARTS) is 1. The van der Waals surface area contributed by atoms with Gasteiger partial charge in [-0.05, 0) is 12.5 Å². The van der Waals surface area contributed by atoms with E-state index in [1.54, 1.807) is 0 Å². The third-order valence-corrected chi connectivity index (χ3v) is 7.63. The Labute approximate surface area is 209 Å². The van der Waals surface area contributed by atoms with Crippen molar-refractivity contribution in [1.82, 2.24) is 25.7 Å². The van der Waals surface area contributed by atoms with E-state index in [2.05, 4.69) is 25.3 Å². The van der Waals surface area contributed by atoms with Crippen LogP contribution in [-0.4, -0.2) is 61.1 Å². The molecule has 0 aromatic carbocycles. The topological polar surface area (TPSA) is 168 Å². The van der Waals surface area contributed by atoms with Gasteiger partial charge in [0.1, 0.15) is 22.4 Å².